The minimum Gasteiger partial charge on any atom is -0.379 e. The molecule has 0 aliphatic heterocycles. The van der Waals surface area contributed by atoms with Crippen LogP contribution in [0.15, 0.2) is 59.5 Å². The van der Waals surface area contributed by atoms with Gasteiger partial charge >= 0.3 is 0 Å². The second-order valence-electron chi connectivity index (χ2n) is 7.98. The van der Waals surface area contributed by atoms with E-state index in [4.69, 9.17) is 0 Å². The second-order valence-corrected chi connectivity index (χ2v) is 7.98. The van der Waals surface area contributed by atoms with Crippen molar-refractivity contribution in [2.45, 2.75) is 19.8 Å². The van der Waals surface area contributed by atoms with Gasteiger partial charge in [-0.3, -0.25) is 14.7 Å². The van der Waals surface area contributed by atoms with E-state index >= 15 is 0 Å². The molecule has 2 heterocycles. The fourth-order valence-electron chi connectivity index (χ4n) is 3.54. The van der Waals surface area contributed by atoms with Crippen molar-refractivity contribution in [2.75, 3.05) is 20.1 Å². The Kier molecular flexibility index (Phi) is 6.21. The van der Waals surface area contributed by atoms with Crippen LogP contribution in [0.3, 0.4) is 0 Å². The van der Waals surface area contributed by atoms with Gasteiger partial charge in [-0.2, -0.15) is 0 Å². The summed E-state index contributed by atoms with van der Waals surface area (Å²) in [5.41, 5.74) is 2.25. The van der Waals surface area contributed by atoms with Crippen molar-refractivity contribution >= 4 is 27.8 Å². The molecule has 170 valence electrons. The van der Waals surface area contributed by atoms with Crippen molar-refractivity contribution in [3.05, 3.63) is 76.5 Å². The lowest BCUT2D eigenvalue weighted by molar-refractivity contribution is 0.0952. The molecule has 1 amide bonds. The third kappa shape index (κ3) is 4.48. The summed E-state index contributed by atoms with van der Waals surface area (Å²) in [6.07, 6.45) is 1.81. The molecule has 0 aliphatic rings. The molecule has 9 heteroatoms. The molecule has 2 N–H and O–H groups in total. The second kappa shape index (κ2) is 9.23. The minimum atomic E-state index is -0.506. The molecule has 8 nitrogen and oxygen atoms in total. The highest BCUT2D eigenvalue weighted by atomic mass is 19.1. The number of nitrogens with zero attached hydrogens (tertiary/aromatic N) is 4. The number of hydrogen-bond acceptors (Lipinski definition) is 5. The van der Waals surface area contributed by atoms with Crippen molar-refractivity contribution in [3.63, 3.8) is 0 Å². The molecule has 0 radical (unpaired) electrons. The molecule has 4 aromatic rings. The normalized spacial score (nSPS) is 11.1. The number of hydrogen-bond donors (Lipinski definition) is 2. The zero-order chi connectivity index (χ0) is 23.5. The van der Waals surface area contributed by atoms with Crippen LogP contribution in [0, 0.1) is 5.82 Å². The molecule has 4 rings (SSSR count). The molecular weight excluding hydrogens is 423 g/mol. The molecule has 0 unspecified atom stereocenters. The number of fused-ring (bicyclic) bond motifs is 3. The van der Waals surface area contributed by atoms with Gasteiger partial charge in [-0.05, 0) is 50.1 Å². The summed E-state index contributed by atoms with van der Waals surface area (Å²) in [5, 5.41) is 14.1. The molecule has 0 saturated carbocycles. The van der Waals surface area contributed by atoms with Crippen LogP contribution in [0.1, 0.15) is 30.1 Å². The number of amides is 1. The Hall–Kier alpha value is -4.01. The van der Waals surface area contributed by atoms with E-state index in [0.717, 1.165) is 25.1 Å². The van der Waals surface area contributed by atoms with Crippen LogP contribution in [0.5, 0.6) is 0 Å². The van der Waals surface area contributed by atoms with Gasteiger partial charge in [0.25, 0.3) is 11.5 Å². The van der Waals surface area contributed by atoms with E-state index < -0.39 is 11.4 Å². The maximum absolute atomic E-state index is 14.0. The topological polar surface area (TPSA) is 95.9 Å². The summed E-state index contributed by atoms with van der Waals surface area (Å²) >= 11 is 0. The summed E-state index contributed by atoms with van der Waals surface area (Å²) < 4.78 is 15.3. The van der Waals surface area contributed by atoms with Crippen LogP contribution < -0.4 is 10.9 Å². The van der Waals surface area contributed by atoms with Crippen LogP contribution in [-0.4, -0.2) is 50.9 Å². The third-order valence-corrected chi connectivity index (χ3v) is 5.62. The van der Waals surface area contributed by atoms with Gasteiger partial charge in [-0.25, -0.2) is 9.07 Å². The first-order chi connectivity index (χ1) is 15.9. The number of H-pyrrole nitrogens is 1. The average Bonchev–Trinajstić information content (AvgIpc) is 3.15. The molecule has 0 bridgehead atoms. The van der Waals surface area contributed by atoms with E-state index in [1.165, 1.54) is 10.7 Å². The van der Waals surface area contributed by atoms with E-state index in [-0.39, 0.29) is 16.9 Å². The summed E-state index contributed by atoms with van der Waals surface area (Å²) in [4.78, 5) is 27.3. The third-order valence-electron chi connectivity index (χ3n) is 5.62. The van der Waals surface area contributed by atoms with Crippen molar-refractivity contribution in [1.29, 1.82) is 0 Å². The van der Waals surface area contributed by atoms with Crippen LogP contribution in [0.25, 0.3) is 27.6 Å². The van der Waals surface area contributed by atoms with Crippen molar-refractivity contribution < 1.29 is 9.18 Å². The van der Waals surface area contributed by atoms with E-state index in [2.05, 4.69) is 32.1 Å². The number of halogens is 1. The predicted octanol–water partition coefficient (Wildman–Crippen LogP) is 3.38. The zero-order valence-electron chi connectivity index (χ0n) is 18.6. The first-order valence-corrected chi connectivity index (χ1v) is 10.7. The number of carbonyl (C=O) groups excluding carboxylic acids is 1. The van der Waals surface area contributed by atoms with E-state index in [9.17, 15) is 14.0 Å². The average molecular weight is 449 g/mol. The van der Waals surface area contributed by atoms with Crippen molar-refractivity contribution in [3.8, 4) is 5.69 Å². The number of aromatic nitrogens is 4. The Balaban J connectivity index is 1.47. The van der Waals surface area contributed by atoms with Gasteiger partial charge in [0.1, 0.15) is 5.52 Å². The van der Waals surface area contributed by atoms with Gasteiger partial charge < -0.3 is 10.2 Å². The Bertz CT molecular complexity index is 1390. The smallest absolute Gasteiger partial charge is 0.299 e. The predicted molar refractivity (Wildman–Crippen MR) is 126 cm³/mol. The zero-order valence-corrected chi connectivity index (χ0v) is 18.6. The van der Waals surface area contributed by atoms with Gasteiger partial charge in [-0.15, -0.1) is 10.2 Å². The highest BCUT2D eigenvalue weighted by molar-refractivity contribution is 6.01. The van der Waals surface area contributed by atoms with E-state index in [1.54, 1.807) is 36.4 Å². The number of unbranched alkanes of at least 4 members (excludes halogenated alkanes) is 1. The molecule has 0 fully saturated rings. The number of nitrogens with one attached hydrogen (secondary N) is 2. The monoisotopic (exact) mass is 448 g/mol. The van der Waals surface area contributed by atoms with Crippen LogP contribution in [0.2, 0.25) is 0 Å². The Morgan fingerprint density at radius 1 is 1.15 bits per heavy atom. The van der Waals surface area contributed by atoms with Gasteiger partial charge in [0.15, 0.2) is 11.3 Å². The van der Waals surface area contributed by atoms with Crippen LogP contribution in [0.4, 0.5) is 4.39 Å². The highest BCUT2D eigenvalue weighted by Crippen LogP contribution is 2.21. The van der Waals surface area contributed by atoms with Gasteiger partial charge in [0.05, 0.1) is 11.2 Å². The number of allylic oxidation sites excluding steroid dienone is 1. The fraction of sp³-hybridized carbons (Fsp3) is 0.250. The highest BCUT2D eigenvalue weighted by Gasteiger charge is 2.15. The molecule has 0 atom stereocenters. The summed E-state index contributed by atoms with van der Waals surface area (Å²) in [5.74, 6) is -0.681. The summed E-state index contributed by atoms with van der Waals surface area (Å²) in [6.45, 7) is 7.33. The maximum atomic E-state index is 14.0. The molecule has 33 heavy (non-hydrogen) atoms. The molecule has 2 aromatic carbocycles. The fourth-order valence-corrected chi connectivity index (χ4v) is 3.54. The number of aromatic amines is 1. The molecular formula is C24H25FN6O2. The van der Waals surface area contributed by atoms with Crippen LogP contribution in [-0.2, 0) is 0 Å². The lowest BCUT2D eigenvalue weighted by Gasteiger charge is -2.18. The van der Waals surface area contributed by atoms with E-state index in [0.29, 0.717) is 28.7 Å². The van der Waals surface area contributed by atoms with Crippen molar-refractivity contribution in [2.24, 2.45) is 0 Å². The number of benzene rings is 2. The first-order valence-electron chi connectivity index (χ1n) is 10.7. The lowest BCUT2D eigenvalue weighted by atomic mass is 10.2. The minimum absolute atomic E-state index is 0.0942. The standard InChI is InChI=1S/C24H25FN6O2/c1-15(2)30(3)14-5-4-13-26-23(32)16-9-11-17(12-10-16)31-24(33)22-21(29-31)18-7-6-8-19(25)20(18)27-28-22/h6-12,29H,1,4-5,13-14H2,2-3H3,(H,26,32). The number of carbonyl (C=O) groups is 1. The first kappa shape index (κ1) is 22.2. The largest absolute Gasteiger partial charge is 0.379 e. The Labute approximate surface area is 189 Å². The molecule has 0 spiro atoms. The van der Waals surface area contributed by atoms with Gasteiger partial charge in [-0.1, -0.05) is 18.7 Å². The molecule has 2 aromatic heterocycles. The quantitative estimate of drug-likeness (QED) is 0.403. The molecule has 0 saturated heterocycles. The van der Waals surface area contributed by atoms with Crippen molar-refractivity contribution in [1.82, 2.24) is 30.2 Å². The Morgan fingerprint density at radius 2 is 1.88 bits per heavy atom. The SMILES string of the molecule is C=C(C)N(C)CCCCNC(=O)c1ccc(-n2[nH]c3c(nnc4c(F)cccc43)c2=O)cc1. The molecule has 0 aliphatic carbocycles. The summed E-state index contributed by atoms with van der Waals surface area (Å²) in [6, 6.07) is 11.2. The Morgan fingerprint density at radius 3 is 2.61 bits per heavy atom. The lowest BCUT2D eigenvalue weighted by Crippen LogP contribution is -2.25. The maximum Gasteiger partial charge on any atom is 0.299 e. The van der Waals surface area contributed by atoms with Crippen LogP contribution >= 0.6 is 0 Å². The number of rotatable bonds is 8. The van der Waals surface area contributed by atoms with E-state index in [1.807, 2.05) is 14.0 Å². The summed E-state index contributed by atoms with van der Waals surface area (Å²) in [7, 11) is 1.99. The van der Waals surface area contributed by atoms with Gasteiger partial charge in [0, 0.05) is 36.8 Å². The van der Waals surface area contributed by atoms with Gasteiger partial charge in [0.2, 0.25) is 0 Å².